The number of hydrogen-bond acceptors (Lipinski definition) is 3. The van der Waals surface area contributed by atoms with Crippen LogP contribution in [0.25, 0.3) is 0 Å². The lowest BCUT2D eigenvalue weighted by atomic mass is 10.0. The van der Waals surface area contributed by atoms with E-state index in [9.17, 15) is 9.59 Å². The van der Waals surface area contributed by atoms with Crippen LogP contribution in [-0.2, 0) is 9.53 Å². The van der Waals surface area contributed by atoms with E-state index in [1.54, 1.807) is 29.2 Å². The third-order valence-electron chi connectivity index (χ3n) is 3.65. The molecule has 120 valence electrons. The number of morpholine rings is 1. The molecule has 0 radical (unpaired) electrons. The minimum absolute atomic E-state index is 0.00611. The van der Waals surface area contributed by atoms with E-state index in [-0.39, 0.29) is 17.7 Å². The lowest BCUT2D eigenvalue weighted by Gasteiger charge is -2.32. The van der Waals surface area contributed by atoms with E-state index in [1.807, 2.05) is 13.8 Å². The molecule has 1 aliphatic heterocycles. The van der Waals surface area contributed by atoms with Gasteiger partial charge < -0.3 is 15.0 Å². The van der Waals surface area contributed by atoms with Crippen LogP contribution >= 0.6 is 11.6 Å². The molecular formula is C16H21ClN2O3. The zero-order valence-corrected chi connectivity index (χ0v) is 13.6. The minimum Gasteiger partial charge on any atom is -0.378 e. The Morgan fingerprint density at radius 3 is 2.32 bits per heavy atom. The quantitative estimate of drug-likeness (QED) is 0.921. The Hall–Kier alpha value is -1.59. The van der Waals surface area contributed by atoms with E-state index in [2.05, 4.69) is 5.32 Å². The molecule has 1 fully saturated rings. The van der Waals surface area contributed by atoms with Crippen molar-refractivity contribution in [2.24, 2.45) is 5.92 Å². The first-order chi connectivity index (χ1) is 10.5. The maximum absolute atomic E-state index is 12.6. The molecule has 0 spiro atoms. The van der Waals surface area contributed by atoms with Gasteiger partial charge in [-0.3, -0.25) is 9.59 Å². The molecule has 0 unspecified atom stereocenters. The van der Waals surface area contributed by atoms with Crippen molar-refractivity contribution >= 4 is 23.4 Å². The Balaban J connectivity index is 2.06. The largest absolute Gasteiger partial charge is 0.378 e. The molecule has 1 atom stereocenters. The predicted octanol–water partition coefficient (Wildman–Crippen LogP) is 1.95. The van der Waals surface area contributed by atoms with Crippen LogP contribution in [0.3, 0.4) is 0 Å². The maximum atomic E-state index is 12.6. The molecule has 2 rings (SSSR count). The van der Waals surface area contributed by atoms with E-state index < -0.39 is 6.04 Å². The second-order valence-electron chi connectivity index (χ2n) is 5.64. The number of hydrogen-bond donors (Lipinski definition) is 1. The van der Waals surface area contributed by atoms with Gasteiger partial charge in [0.1, 0.15) is 6.04 Å². The lowest BCUT2D eigenvalue weighted by molar-refractivity contribution is -0.138. The SMILES string of the molecule is CC(C)[C@H](NC(=O)c1ccc(Cl)cc1)C(=O)N1CCOCC1. The fourth-order valence-electron chi connectivity index (χ4n) is 2.32. The monoisotopic (exact) mass is 324 g/mol. The number of nitrogens with zero attached hydrogens (tertiary/aromatic N) is 1. The highest BCUT2D eigenvalue weighted by atomic mass is 35.5. The number of rotatable bonds is 4. The highest BCUT2D eigenvalue weighted by Crippen LogP contribution is 2.12. The summed E-state index contributed by atoms with van der Waals surface area (Å²) in [5.74, 6) is -0.316. The summed E-state index contributed by atoms with van der Waals surface area (Å²) < 4.78 is 5.26. The molecule has 0 bridgehead atoms. The molecule has 0 aromatic heterocycles. The number of ether oxygens (including phenoxy) is 1. The van der Waals surface area contributed by atoms with Crippen molar-refractivity contribution in [1.29, 1.82) is 0 Å². The Morgan fingerprint density at radius 2 is 1.77 bits per heavy atom. The smallest absolute Gasteiger partial charge is 0.251 e. The van der Waals surface area contributed by atoms with Crippen LogP contribution in [0.15, 0.2) is 24.3 Å². The average molecular weight is 325 g/mol. The summed E-state index contributed by atoms with van der Waals surface area (Å²) in [6, 6.07) is 6.07. The van der Waals surface area contributed by atoms with Gasteiger partial charge in [0.05, 0.1) is 13.2 Å². The molecule has 6 heteroatoms. The van der Waals surface area contributed by atoms with Gasteiger partial charge in [-0.25, -0.2) is 0 Å². The van der Waals surface area contributed by atoms with Gasteiger partial charge in [-0.05, 0) is 30.2 Å². The first-order valence-electron chi connectivity index (χ1n) is 7.42. The molecule has 2 amide bonds. The van der Waals surface area contributed by atoms with Crippen molar-refractivity contribution in [3.8, 4) is 0 Å². The average Bonchev–Trinajstić information content (AvgIpc) is 2.53. The predicted molar refractivity (Wildman–Crippen MR) is 84.9 cm³/mol. The van der Waals surface area contributed by atoms with Gasteiger partial charge in [-0.15, -0.1) is 0 Å². The van der Waals surface area contributed by atoms with Crippen molar-refractivity contribution in [1.82, 2.24) is 10.2 Å². The van der Waals surface area contributed by atoms with Crippen molar-refractivity contribution < 1.29 is 14.3 Å². The summed E-state index contributed by atoms with van der Waals surface area (Å²) >= 11 is 5.82. The van der Waals surface area contributed by atoms with E-state index in [0.717, 1.165) is 0 Å². The second-order valence-corrected chi connectivity index (χ2v) is 6.08. The first-order valence-corrected chi connectivity index (χ1v) is 7.80. The molecule has 22 heavy (non-hydrogen) atoms. The van der Waals surface area contributed by atoms with Crippen molar-refractivity contribution in [3.63, 3.8) is 0 Å². The van der Waals surface area contributed by atoms with Crippen molar-refractivity contribution in [3.05, 3.63) is 34.9 Å². The fourth-order valence-corrected chi connectivity index (χ4v) is 2.45. The van der Waals surface area contributed by atoms with Crippen LogP contribution in [0, 0.1) is 5.92 Å². The summed E-state index contributed by atoms with van der Waals surface area (Å²) in [5.41, 5.74) is 0.491. The summed E-state index contributed by atoms with van der Waals surface area (Å²) in [7, 11) is 0. The number of halogens is 1. The van der Waals surface area contributed by atoms with Crippen LogP contribution in [0.4, 0.5) is 0 Å². The summed E-state index contributed by atoms with van der Waals surface area (Å²) in [6.07, 6.45) is 0. The van der Waals surface area contributed by atoms with E-state index in [0.29, 0.717) is 36.9 Å². The van der Waals surface area contributed by atoms with Gasteiger partial charge in [0.25, 0.3) is 5.91 Å². The molecular weight excluding hydrogens is 304 g/mol. The van der Waals surface area contributed by atoms with Gasteiger partial charge in [0.15, 0.2) is 0 Å². The minimum atomic E-state index is -0.540. The van der Waals surface area contributed by atoms with Gasteiger partial charge in [-0.1, -0.05) is 25.4 Å². The Labute approximate surface area is 135 Å². The number of nitrogens with one attached hydrogen (secondary N) is 1. The van der Waals surface area contributed by atoms with Gasteiger partial charge in [0, 0.05) is 23.7 Å². The molecule has 1 aliphatic rings. The van der Waals surface area contributed by atoms with Crippen LogP contribution in [0.2, 0.25) is 5.02 Å². The summed E-state index contributed by atoms with van der Waals surface area (Å²) in [4.78, 5) is 26.6. The third kappa shape index (κ3) is 4.21. The normalized spacial score (nSPS) is 16.5. The molecule has 1 N–H and O–H groups in total. The number of amides is 2. The zero-order chi connectivity index (χ0) is 16.1. The maximum Gasteiger partial charge on any atom is 0.251 e. The first kappa shape index (κ1) is 16.8. The molecule has 0 aliphatic carbocycles. The van der Waals surface area contributed by atoms with Crippen molar-refractivity contribution in [2.75, 3.05) is 26.3 Å². The number of carbonyl (C=O) groups is 2. The number of carbonyl (C=O) groups excluding carboxylic acids is 2. The summed E-state index contributed by atoms with van der Waals surface area (Å²) in [6.45, 7) is 6.07. The Kier molecular flexibility index (Phi) is 5.80. The summed E-state index contributed by atoms with van der Waals surface area (Å²) in [5, 5.41) is 3.41. The molecule has 1 aromatic rings. The lowest BCUT2D eigenvalue weighted by Crippen LogP contribution is -2.53. The van der Waals surface area contributed by atoms with Crippen LogP contribution < -0.4 is 5.32 Å². The van der Waals surface area contributed by atoms with Gasteiger partial charge in [0.2, 0.25) is 5.91 Å². The Morgan fingerprint density at radius 1 is 1.18 bits per heavy atom. The molecule has 0 saturated carbocycles. The van der Waals surface area contributed by atoms with E-state index in [4.69, 9.17) is 16.3 Å². The fraction of sp³-hybridized carbons (Fsp3) is 0.500. The second kappa shape index (κ2) is 7.61. The van der Waals surface area contributed by atoms with Crippen LogP contribution in [0.5, 0.6) is 0 Å². The van der Waals surface area contributed by atoms with Gasteiger partial charge in [-0.2, -0.15) is 0 Å². The third-order valence-corrected chi connectivity index (χ3v) is 3.90. The molecule has 1 heterocycles. The van der Waals surface area contributed by atoms with Crippen LogP contribution in [0.1, 0.15) is 24.2 Å². The topological polar surface area (TPSA) is 58.6 Å². The highest BCUT2D eigenvalue weighted by Gasteiger charge is 2.29. The molecule has 1 aromatic carbocycles. The number of benzene rings is 1. The van der Waals surface area contributed by atoms with Crippen molar-refractivity contribution in [2.45, 2.75) is 19.9 Å². The molecule has 5 nitrogen and oxygen atoms in total. The highest BCUT2D eigenvalue weighted by molar-refractivity contribution is 6.30. The van der Waals surface area contributed by atoms with E-state index in [1.165, 1.54) is 0 Å². The standard InChI is InChI=1S/C16H21ClN2O3/c1-11(2)14(16(21)19-7-9-22-10-8-19)18-15(20)12-3-5-13(17)6-4-12/h3-6,11,14H,7-10H2,1-2H3,(H,18,20)/t14-/m0/s1. The van der Waals surface area contributed by atoms with E-state index >= 15 is 0 Å². The zero-order valence-electron chi connectivity index (χ0n) is 12.8. The van der Waals surface area contributed by atoms with Crippen LogP contribution in [-0.4, -0.2) is 49.1 Å². The Bertz CT molecular complexity index is 525. The van der Waals surface area contributed by atoms with Gasteiger partial charge >= 0.3 is 0 Å². The molecule has 1 saturated heterocycles.